The van der Waals surface area contributed by atoms with Crippen LogP contribution in [-0.2, 0) is 13.0 Å². The van der Waals surface area contributed by atoms with Crippen molar-refractivity contribution in [2.75, 3.05) is 0 Å². The first-order valence-electron chi connectivity index (χ1n) is 7.63. The quantitative estimate of drug-likeness (QED) is 0.796. The van der Waals surface area contributed by atoms with Gasteiger partial charge in [0.2, 0.25) is 0 Å². The predicted octanol–water partition coefficient (Wildman–Crippen LogP) is 5.21. The molecular weight excluding hydrogens is 262 g/mol. The summed E-state index contributed by atoms with van der Waals surface area (Å²) in [7, 11) is 0. The second-order valence-electron chi connectivity index (χ2n) is 6.57. The third kappa shape index (κ3) is 3.42. The van der Waals surface area contributed by atoms with Gasteiger partial charge in [0.05, 0.1) is 0 Å². The first-order valence-corrected chi connectivity index (χ1v) is 8.45. The van der Waals surface area contributed by atoms with Crippen LogP contribution in [0.5, 0.6) is 0 Å². The van der Waals surface area contributed by atoms with E-state index < -0.39 is 0 Å². The second-order valence-corrected chi connectivity index (χ2v) is 7.71. The molecule has 110 valence electrons. The number of hydrogen-bond donors (Lipinski definition) is 1. The normalized spacial score (nSPS) is 12.0. The van der Waals surface area contributed by atoms with Gasteiger partial charge in [-0.25, -0.2) is 0 Å². The lowest BCUT2D eigenvalue weighted by molar-refractivity contribution is 0.585. The van der Waals surface area contributed by atoms with Gasteiger partial charge in [0, 0.05) is 22.2 Å². The van der Waals surface area contributed by atoms with Crippen molar-refractivity contribution < 1.29 is 0 Å². The van der Waals surface area contributed by atoms with Crippen LogP contribution in [0.2, 0.25) is 0 Å². The van der Waals surface area contributed by atoms with Gasteiger partial charge in [-0.1, -0.05) is 33.8 Å². The molecule has 20 heavy (non-hydrogen) atoms. The SMILES string of the molecule is Cc1cc2sc(CNC(C)C)c(CC(C)C)c2cc1C. The molecule has 1 aromatic carbocycles. The topological polar surface area (TPSA) is 12.0 Å². The van der Waals surface area contributed by atoms with E-state index in [9.17, 15) is 0 Å². The van der Waals surface area contributed by atoms with Crippen molar-refractivity contribution in [2.24, 2.45) is 5.92 Å². The van der Waals surface area contributed by atoms with Gasteiger partial charge in [-0.2, -0.15) is 0 Å². The van der Waals surface area contributed by atoms with Crippen LogP contribution in [0.15, 0.2) is 12.1 Å². The van der Waals surface area contributed by atoms with E-state index in [4.69, 9.17) is 0 Å². The fraction of sp³-hybridized carbons (Fsp3) is 0.556. The Morgan fingerprint density at radius 3 is 2.30 bits per heavy atom. The molecule has 1 heterocycles. The molecule has 2 aromatic rings. The van der Waals surface area contributed by atoms with Crippen molar-refractivity contribution in [1.29, 1.82) is 0 Å². The van der Waals surface area contributed by atoms with E-state index in [0.29, 0.717) is 12.0 Å². The van der Waals surface area contributed by atoms with Crippen molar-refractivity contribution in [3.8, 4) is 0 Å². The van der Waals surface area contributed by atoms with Gasteiger partial charge in [-0.3, -0.25) is 0 Å². The number of thiophene rings is 1. The zero-order valence-electron chi connectivity index (χ0n) is 13.6. The van der Waals surface area contributed by atoms with E-state index in [2.05, 4.69) is 59.0 Å². The van der Waals surface area contributed by atoms with Gasteiger partial charge in [0.25, 0.3) is 0 Å². The first-order chi connectivity index (χ1) is 9.38. The summed E-state index contributed by atoms with van der Waals surface area (Å²) in [5.74, 6) is 0.701. The number of rotatable bonds is 5. The highest BCUT2D eigenvalue weighted by Gasteiger charge is 2.14. The Bertz CT molecular complexity index is 593. The Labute approximate surface area is 127 Å². The summed E-state index contributed by atoms with van der Waals surface area (Å²) in [6.07, 6.45) is 1.18. The summed E-state index contributed by atoms with van der Waals surface area (Å²) >= 11 is 1.97. The van der Waals surface area contributed by atoms with E-state index in [-0.39, 0.29) is 0 Å². The highest BCUT2D eigenvalue weighted by atomic mass is 32.1. The fourth-order valence-electron chi connectivity index (χ4n) is 2.53. The lowest BCUT2D eigenvalue weighted by Crippen LogP contribution is -2.21. The highest BCUT2D eigenvalue weighted by Crippen LogP contribution is 2.35. The number of benzene rings is 1. The van der Waals surface area contributed by atoms with Crippen LogP contribution in [0.25, 0.3) is 10.1 Å². The third-order valence-corrected chi connectivity index (χ3v) is 4.97. The third-order valence-electron chi connectivity index (χ3n) is 3.77. The van der Waals surface area contributed by atoms with Crippen LogP contribution >= 0.6 is 11.3 Å². The molecule has 0 aliphatic heterocycles. The first kappa shape index (κ1) is 15.5. The van der Waals surface area contributed by atoms with Gasteiger partial charge < -0.3 is 5.32 Å². The molecule has 0 fully saturated rings. The van der Waals surface area contributed by atoms with Gasteiger partial charge in [-0.15, -0.1) is 11.3 Å². The van der Waals surface area contributed by atoms with Crippen molar-refractivity contribution in [3.05, 3.63) is 33.7 Å². The standard InChI is InChI=1S/C18H27NS/c1-11(2)7-15-16-8-13(5)14(6)9-17(16)20-18(15)10-19-12(3)4/h8-9,11-12,19H,7,10H2,1-6H3. The lowest BCUT2D eigenvalue weighted by Gasteiger charge is -2.11. The Morgan fingerprint density at radius 1 is 1.05 bits per heavy atom. The van der Waals surface area contributed by atoms with Gasteiger partial charge in [-0.05, 0) is 54.3 Å². The zero-order chi connectivity index (χ0) is 14.9. The Hall–Kier alpha value is -0.860. The molecule has 0 amide bonds. The van der Waals surface area contributed by atoms with E-state index in [1.807, 2.05) is 11.3 Å². The molecule has 2 rings (SSSR count). The molecule has 0 aliphatic carbocycles. The second kappa shape index (κ2) is 6.28. The van der Waals surface area contributed by atoms with Crippen LogP contribution in [0.3, 0.4) is 0 Å². The molecule has 0 spiro atoms. The number of aryl methyl sites for hydroxylation is 2. The largest absolute Gasteiger partial charge is 0.310 e. The van der Waals surface area contributed by atoms with Crippen LogP contribution in [-0.4, -0.2) is 6.04 Å². The molecule has 1 nitrogen and oxygen atoms in total. The Kier molecular flexibility index (Phi) is 4.87. The van der Waals surface area contributed by atoms with E-state index >= 15 is 0 Å². The Balaban J connectivity index is 2.48. The number of nitrogens with one attached hydrogen (secondary N) is 1. The Morgan fingerprint density at radius 2 is 1.70 bits per heavy atom. The van der Waals surface area contributed by atoms with Crippen LogP contribution in [0.1, 0.15) is 49.3 Å². The lowest BCUT2D eigenvalue weighted by atomic mass is 9.97. The summed E-state index contributed by atoms with van der Waals surface area (Å²) < 4.78 is 1.45. The summed E-state index contributed by atoms with van der Waals surface area (Å²) in [5.41, 5.74) is 4.37. The maximum atomic E-state index is 3.58. The van der Waals surface area contributed by atoms with E-state index in [1.54, 1.807) is 5.56 Å². The average molecular weight is 289 g/mol. The minimum Gasteiger partial charge on any atom is -0.310 e. The van der Waals surface area contributed by atoms with Crippen LogP contribution in [0.4, 0.5) is 0 Å². The minimum absolute atomic E-state index is 0.538. The van der Waals surface area contributed by atoms with Crippen LogP contribution in [0, 0.1) is 19.8 Å². The molecule has 0 atom stereocenters. The van der Waals surface area contributed by atoms with Gasteiger partial charge in [0.1, 0.15) is 0 Å². The van der Waals surface area contributed by atoms with Crippen molar-refractivity contribution >= 4 is 21.4 Å². The predicted molar refractivity (Wildman–Crippen MR) is 91.8 cm³/mol. The molecular formula is C18H27NS. The molecule has 1 aromatic heterocycles. The average Bonchev–Trinajstić information content (AvgIpc) is 2.65. The smallest absolute Gasteiger partial charge is 0.0351 e. The van der Waals surface area contributed by atoms with Crippen molar-refractivity contribution in [1.82, 2.24) is 5.32 Å². The minimum atomic E-state index is 0.538. The molecule has 0 bridgehead atoms. The summed E-state index contributed by atoms with van der Waals surface area (Å²) in [4.78, 5) is 1.52. The van der Waals surface area contributed by atoms with E-state index in [1.165, 1.54) is 32.5 Å². The van der Waals surface area contributed by atoms with Gasteiger partial charge in [0.15, 0.2) is 0 Å². The molecule has 0 unspecified atom stereocenters. The van der Waals surface area contributed by atoms with Crippen LogP contribution < -0.4 is 5.32 Å². The van der Waals surface area contributed by atoms with E-state index in [0.717, 1.165) is 6.54 Å². The zero-order valence-corrected chi connectivity index (χ0v) is 14.4. The number of hydrogen-bond acceptors (Lipinski definition) is 2. The summed E-state index contributed by atoms with van der Waals surface area (Å²) in [6.45, 7) is 14.5. The monoisotopic (exact) mass is 289 g/mol. The molecule has 2 heteroatoms. The summed E-state index contributed by atoms with van der Waals surface area (Å²) in [5, 5.41) is 5.06. The van der Waals surface area contributed by atoms with Crippen molar-refractivity contribution in [3.63, 3.8) is 0 Å². The van der Waals surface area contributed by atoms with Crippen molar-refractivity contribution in [2.45, 2.75) is 60.5 Å². The molecule has 0 aliphatic rings. The summed E-state index contributed by atoms with van der Waals surface area (Å²) in [6, 6.07) is 5.28. The fourth-order valence-corrected chi connectivity index (χ4v) is 3.79. The number of fused-ring (bicyclic) bond motifs is 1. The molecule has 0 saturated carbocycles. The molecule has 1 N–H and O–H groups in total. The van der Waals surface area contributed by atoms with Gasteiger partial charge >= 0.3 is 0 Å². The maximum absolute atomic E-state index is 3.58. The molecule has 0 radical (unpaired) electrons. The highest BCUT2D eigenvalue weighted by molar-refractivity contribution is 7.19. The maximum Gasteiger partial charge on any atom is 0.0351 e. The molecule has 0 saturated heterocycles.